The first kappa shape index (κ1) is 15.2. The fourth-order valence-corrected chi connectivity index (χ4v) is 1.56. The van der Waals surface area contributed by atoms with Crippen LogP contribution < -0.4 is 0 Å². The zero-order valence-corrected chi connectivity index (χ0v) is 10.8. The summed E-state index contributed by atoms with van der Waals surface area (Å²) < 4.78 is 4.82. The monoisotopic (exact) mass is 226 g/mol. The van der Waals surface area contributed by atoms with Crippen LogP contribution >= 0.6 is 0 Å². The van der Waals surface area contributed by atoms with Crippen LogP contribution in [0.3, 0.4) is 0 Å². The Morgan fingerprint density at radius 1 is 1.00 bits per heavy atom. The molecule has 0 spiro atoms. The third kappa shape index (κ3) is 11.3. The summed E-state index contributed by atoms with van der Waals surface area (Å²) >= 11 is 0. The fraction of sp³-hybridized carbons (Fsp3) is 0.786. The predicted molar refractivity (Wildman–Crippen MR) is 68.4 cm³/mol. The van der Waals surface area contributed by atoms with E-state index in [1.807, 2.05) is 13.0 Å². The molecule has 94 valence electrons. The summed E-state index contributed by atoms with van der Waals surface area (Å²) in [6.45, 7) is 4.54. The van der Waals surface area contributed by atoms with E-state index < -0.39 is 0 Å². The van der Waals surface area contributed by atoms with E-state index in [1.165, 1.54) is 38.5 Å². The normalized spacial score (nSPS) is 10.9. The van der Waals surface area contributed by atoms with Gasteiger partial charge < -0.3 is 4.74 Å². The highest BCUT2D eigenvalue weighted by Gasteiger charge is 1.95. The second kappa shape index (κ2) is 12.3. The highest BCUT2D eigenvalue weighted by Crippen LogP contribution is 2.07. The summed E-state index contributed by atoms with van der Waals surface area (Å²) in [4.78, 5) is 11.0. The molecule has 0 rings (SSSR count). The van der Waals surface area contributed by atoms with Gasteiger partial charge in [-0.1, -0.05) is 51.2 Å². The van der Waals surface area contributed by atoms with Crippen LogP contribution in [0.2, 0.25) is 0 Å². The quantitative estimate of drug-likeness (QED) is 0.316. The molecule has 0 atom stereocenters. The molecule has 0 aromatic carbocycles. The molecule has 0 aromatic rings. The SMILES string of the molecule is CCCCCCCC/C=C/CC(=O)OCC. The van der Waals surface area contributed by atoms with Gasteiger partial charge in [0, 0.05) is 0 Å². The standard InChI is InChI=1S/C14H26O2/c1-3-5-6-7-8-9-10-11-12-13-14(15)16-4-2/h11-12H,3-10,13H2,1-2H3/b12-11+. The summed E-state index contributed by atoms with van der Waals surface area (Å²) in [5.74, 6) is -0.123. The number of rotatable bonds is 10. The Balaban J connectivity index is 3.18. The summed E-state index contributed by atoms with van der Waals surface area (Å²) in [6.07, 6.45) is 13.4. The van der Waals surface area contributed by atoms with Gasteiger partial charge in [0.05, 0.1) is 13.0 Å². The lowest BCUT2D eigenvalue weighted by atomic mass is 10.1. The molecule has 2 nitrogen and oxygen atoms in total. The number of unbranched alkanes of at least 4 members (excludes halogenated alkanes) is 6. The minimum Gasteiger partial charge on any atom is -0.466 e. The summed E-state index contributed by atoms with van der Waals surface area (Å²) in [5.41, 5.74) is 0. The Morgan fingerprint density at radius 2 is 1.69 bits per heavy atom. The van der Waals surface area contributed by atoms with Gasteiger partial charge in [-0.05, 0) is 19.8 Å². The van der Waals surface area contributed by atoms with Crippen LogP contribution in [0.5, 0.6) is 0 Å². The maximum Gasteiger partial charge on any atom is 0.309 e. The number of allylic oxidation sites excluding steroid dienone is 1. The van der Waals surface area contributed by atoms with Gasteiger partial charge in [-0.2, -0.15) is 0 Å². The van der Waals surface area contributed by atoms with Crippen molar-refractivity contribution in [3.05, 3.63) is 12.2 Å². The van der Waals surface area contributed by atoms with E-state index in [-0.39, 0.29) is 5.97 Å². The van der Waals surface area contributed by atoms with Gasteiger partial charge in [0.25, 0.3) is 0 Å². The maximum absolute atomic E-state index is 11.0. The Kier molecular flexibility index (Phi) is 11.7. The molecule has 16 heavy (non-hydrogen) atoms. The molecule has 0 amide bonds. The average molecular weight is 226 g/mol. The molecule has 0 fully saturated rings. The van der Waals surface area contributed by atoms with Gasteiger partial charge in [0.1, 0.15) is 0 Å². The number of carbonyl (C=O) groups excluding carboxylic acids is 1. The molecule has 0 unspecified atom stereocenters. The van der Waals surface area contributed by atoms with Crippen molar-refractivity contribution in [1.29, 1.82) is 0 Å². The van der Waals surface area contributed by atoms with Crippen LogP contribution in [-0.4, -0.2) is 12.6 Å². The minimum atomic E-state index is -0.123. The molecular weight excluding hydrogens is 200 g/mol. The first-order valence-corrected chi connectivity index (χ1v) is 6.61. The largest absolute Gasteiger partial charge is 0.466 e. The lowest BCUT2D eigenvalue weighted by Crippen LogP contribution is -2.01. The van der Waals surface area contributed by atoms with Crippen LogP contribution in [0.1, 0.15) is 65.2 Å². The second-order valence-corrected chi connectivity index (χ2v) is 4.04. The minimum absolute atomic E-state index is 0.123. The lowest BCUT2D eigenvalue weighted by Gasteiger charge is -1.98. The van der Waals surface area contributed by atoms with Crippen LogP contribution in [0, 0.1) is 0 Å². The summed E-state index contributed by atoms with van der Waals surface area (Å²) in [5, 5.41) is 0. The third-order valence-corrected chi connectivity index (χ3v) is 2.48. The van der Waals surface area contributed by atoms with Crippen molar-refractivity contribution in [2.45, 2.75) is 65.2 Å². The van der Waals surface area contributed by atoms with Crippen molar-refractivity contribution in [1.82, 2.24) is 0 Å². The van der Waals surface area contributed by atoms with E-state index >= 15 is 0 Å². The van der Waals surface area contributed by atoms with Crippen molar-refractivity contribution < 1.29 is 9.53 Å². The zero-order chi connectivity index (χ0) is 12.1. The van der Waals surface area contributed by atoms with E-state index in [4.69, 9.17) is 4.74 Å². The van der Waals surface area contributed by atoms with Gasteiger partial charge in [0.15, 0.2) is 0 Å². The fourth-order valence-electron chi connectivity index (χ4n) is 1.56. The van der Waals surface area contributed by atoms with Gasteiger partial charge in [-0.15, -0.1) is 0 Å². The number of ether oxygens (including phenoxy) is 1. The lowest BCUT2D eigenvalue weighted by molar-refractivity contribution is -0.142. The summed E-state index contributed by atoms with van der Waals surface area (Å²) in [7, 11) is 0. The van der Waals surface area contributed by atoms with Crippen molar-refractivity contribution in [2.24, 2.45) is 0 Å². The second-order valence-electron chi connectivity index (χ2n) is 4.04. The van der Waals surface area contributed by atoms with Crippen LogP contribution in [0.4, 0.5) is 0 Å². The van der Waals surface area contributed by atoms with Crippen molar-refractivity contribution in [2.75, 3.05) is 6.61 Å². The van der Waals surface area contributed by atoms with Gasteiger partial charge in [0.2, 0.25) is 0 Å². The van der Waals surface area contributed by atoms with Crippen LogP contribution in [-0.2, 0) is 9.53 Å². The van der Waals surface area contributed by atoms with Gasteiger partial charge >= 0.3 is 5.97 Å². The third-order valence-electron chi connectivity index (χ3n) is 2.48. The van der Waals surface area contributed by atoms with Crippen molar-refractivity contribution >= 4 is 5.97 Å². The Hall–Kier alpha value is -0.790. The highest BCUT2D eigenvalue weighted by molar-refractivity contribution is 5.71. The van der Waals surface area contributed by atoms with E-state index in [1.54, 1.807) is 0 Å². The Morgan fingerprint density at radius 3 is 2.38 bits per heavy atom. The highest BCUT2D eigenvalue weighted by atomic mass is 16.5. The molecule has 0 saturated heterocycles. The molecule has 0 bridgehead atoms. The van der Waals surface area contributed by atoms with Gasteiger partial charge in [-0.25, -0.2) is 0 Å². The molecule has 0 N–H and O–H groups in total. The van der Waals surface area contributed by atoms with Crippen LogP contribution in [0.15, 0.2) is 12.2 Å². The Bertz CT molecular complexity index is 185. The zero-order valence-electron chi connectivity index (χ0n) is 10.8. The van der Waals surface area contributed by atoms with Crippen LogP contribution in [0.25, 0.3) is 0 Å². The first-order chi connectivity index (χ1) is 7.81. The molecule has 0 aromatic heterocycles. The van der Waals surface area contributed by atoms with Crippen molar-refractivity contribution in [3.8, 4) is 0 Å². The van der Waals surface area contributed by atoms with Crippen molar-refractivity contribution in [3.63, 3.8) is 0 Å². The van der Waals surface area contributed by atoms with E-state index in [2.05, 4.69) is 13.0 Å². The number of hydrogen-bond acceptors (Lipinski definition) is 2. The molecule has 0 aliphatic rings. The maximum atomic E-state index is 11.0. The molecule has 2 heteroatoms. The van der Waals surface area contributed by atoms with E-state index in [0.29, 0.717) is 13.0 Å². The Labute approximate surface area is 100 Å². The molecule has 0 aliphatic carbocycles. The molecule has 0 saturated carbocycles. The number of carbonyl (C=O) groups is 1. The average Bonchev–Trinajstić information content (AvgIpc) is 2.27. The molecule has 0 radical (unpaired) electrons. The topological polar surface area (TPSA) is 26.3 Å². The van der Waals surface area contributed by atoms with Gasteiger partial charge in [-0.3, -0.25) is 4.79 Å². The predicted octanol–water partition coefficient (Wildman–Crippen LogP) is 4.25. The van der Waals surface area contributed by atoms with E-state index in [0.717, 1.165) is 6.42 Å². The molecular formula is C14H26O2. The molecule has 0 aliphatic heterocycles. The van der Waals surface area contributed by atoms with E-state index in [9.17, 15) is 4.79 Å². The molecule has 0 heterocycles. The number of hydrogen-bond donors (Lipinski definition) is 0. The smallest absolute Gasteiger partial charge is 0.309 e. The summed E-state index contributed by atoms with van der Waals surface area (Å²) in [6, 6.07) is 0. The first-order valence-electron chi connectivity index (χ1n) is 6.61. The number of esters is 1.